The molecule has 0 unspecified atom stereocenters. The molecule has 3 rings (SSSR count). The van der Waals surface area contributed by atoms with E-state index in [4.69, 9.17) is 12.2 Å². The molecule has 25 heavy (non-hydrogen) atoms. The minimum atomic E-state index is -0.180. The molecule has 3 aromatic rings. The van der Waals surface area contributed by atoms with Gasteiger partial charge in [0.1, 0.15) is 0 Å². The molecule has 1 N–H and O–H groups in total. The van der Waals surface area contributed by atoms with Gasteiger partial charge in [0.2, 0.25) is 0 Å². The van der Waals surface area contributed by atoms with E-state index in [0.717, 1.165) is 16.8 Å². The molecule has 1 aromatic heterocycles. The van der Waals surface area contributed by atoms with Gasteiger partial charge in [-0.05, 0) is 67.5 Å². The Labute approximate surface area is 150 Å². The first-order chi connectivity index (χ1) is 11.8. The van der Waals surface area contributed by atoms with Gasteiger partial charge in [0.25, 0.3) is 11.5 Å². The zero-order valence-electron chi connectivity index (χ0n) is 14.6. The molecule has 0 saturated heterocycles. The molecular weight excluding hydrogens is 334 g/mol. The summed E-state index contributed by atoms with van der Waals surface area (Å²) >= 11 is 5.15. The fourth-order valence-corrected chi connectivity index (χ4v) is 3.09. The van der Waals surface area contributed by atoms with E-state index in [0.29, 0.717) is 21.2 Å². The molecule has 128 valence electrons. The number of carbonyl (C=O) groups excluding carboxylic acids is 1. The van der Waals surface area contributed by atoms with E-state index in [1.54, 1.807) is 37.2 Å². The maximum Gasteiger partial charge on any atom is 0.261 e. The molecule has 0 atom stereocenters. The van der Waals surface area contributed by atoms with Crippen molar-refractivity contribution in [3.63, 3.8) is 0 Å². The third-order valence-corrected chi connectivity index (χ3v) is 4.62. The largest absolute Gasteiger partial charge is 0.332 e. The summed E-state index contributed by atoms with van der Waals surface area (Å²) in [6.45, 7) is 4.00. The summed E-state index contributed by atoms with van der Waals surface area (Å²) in [5.74, 6) is -0.146. The zero-order chi connectivity index (χ0) is 18.3. The molecule has 6 heteroatoms. The van der Waals surface area contributed by atoms with Gasteiger partial charge < -0.3 is 9.88 Å². The maximum atomic E-state index is 12.9. The summed E-state index contributed by atoms with van der Waals surface area (Å²) in [4.78, 5) is 29.7. The van der Waals surface area contributed by atoms with Crippen molar-refractivity contribution in [2.45, 2.75) is 13.8 Å². The Bertz CT molecular complexity index is 1090. The first-order valence-electron chi connectivity index (χ1n) is 7.87. The number of hydrogen-bond donors (Lipinski definition) is 1. The third-order valence-electron chi connectivity index (χ3n) is 4.25. The SMILES string of the molecule is Cc1cc(C)cc(N(C)C(=O)c2ccc3c(=O)n(C)c(=S)[nH]c3c2)c1. The normalized spacial score (nSPS) is 10.9. The van der Waals surface area contributed by atoms with Crippen LogP contribution in [0, 0.1) is 18.6 Å². The number of aromatic amines is 1. The van der Waals surface area contributed by atoms with Crippen molar-refractivity contribution in [1.82, 2.24) is 9.55 Å². The fourth-order valence-electron chi connectivity index (χ4n) is 2.89. The summed E-state index contributed by atoms with van der Waals surface area (Å²) in [7, 11) is 3.36. The second-order valence-corrected chi connectivity index (χ2v) is 6.65. The highest BCUT2D eigenvalue weighted by atomic mass is 32.1. The highest BCUT2D eigenvalue weighted by molar-refractivity contribution is 7.71. The van der Waals surface area contributed by atoms with E-state index in [-0.39, 0.29) is 11.5 Å². The molecule has 0 aliphatic carbocycles. The fraction of sp³-hybridized carbons (Fsp3) is 0.211. The molecule has 0 aliphatic rings. The van der Waals surface area contributed by atoms with Gasteiger partial charge in [-0.25, -0.2) is 0 Å². The summed E-state index contributed by atoms with van der Waals surface area (Å²) < 4.78 is 1.70. The lowest BCUT2D eigenvalue weighted by molar-refractivity contribution is 0.0993. The summed E-state index contributed by atoms with van der Waals surface area (Å²) in [6.07, 6.45) is 0. The van der Waals surface area contributed by atoms with Crippen molar-refractivity contribution in [1.29, 1.82) is 0 Å². The molecule has 0 aliphatic heterocycles. The number of rotatable bonds is 2. The van der Waals surface area contributed by atoms with Crippen molar-refractivity contribution in [2.75, 3.05) is 11.9 Å². The van der Waals surface area contributed by atoms with Gasteiger partial charge in [0.05, 0.1) is 10.9 Å². The summed E-state index contributed by atoms with van der Waals surface area (Å²) in [6, 6.07) is 11.0. The van der Waals surface area contributed by atoms with E-state index >= 15 is 0 Å². The Morgan fingerprint density at radius 3 is 2.40 bits per heavy atom. The zero-order valence-corrected chi connectivity index (χ0v) is 15.4. The smallest absolute Gasteiger partial charge is 0.261 e. The third kappa shape index (κ3) is 3.13. The highest BCUT2D eigenvalue weighted by Gasteiger charge is 2.15. The quantitative estimate of drug-likeness (QED) is 0.718. The Hall–Kier alpha value is -2.73. The van der Waals surface area contributed by atoms with Gasteiger partial charge in [-0.3, -0.25) is 14.2 Å². The topological polar surface area (TPSA) is 58.1 Å². The standard InChI is InChI=1S/C19H19N3O2S/c1-11-7-12(2)9-14(8-11)21(3)17(23)13-5-6-15-16(10-13)20-19(25)22(4)18(15)24/h5-10H,1-4H3,(H,20,25). The first kappa shape index (κ1) is 17.1. The first-order valence-corrected chi connectivity index (χ1v) is 8.28. The number of aryl methyl sites for hydroxylation is 2. The average molecular weight is 353 g/mol. The number of hydrogen-bond acceptors (Lipinski definition) is 3. The molecular formula is C19H19N3O2S. The molecule has 0 spiro atoms. The van der Waals surface area contributed by atoms with Crippen molar-refractivity contribution in [3.05, 3.63) is 68.2 Å². The molecule has 0 bridgehead atoms. The van der Waals surface area contributed by atoms with Gasteiger partial charge in [-0.15, -0.1) is 0 Å². The lowest BCUT2D eigenvalue weighted by atomic mass is 10.1. The number of H-pyrrole nitrogens is 1. The monoisotopic (exact) mass is 353 g/mol. The van der Waals surface area contributed by atoms with Crippen LogP contribution in [0.3, 0.4) is 0 Å². The van der Waals surface area contributed by atoms with Gasteiger partial charge >= 0.3 is 0 Å². The Morgan fingerprint density at radius 1 is 1.12 bits per heavy atom. The Balaban J connectivity index is 2.06. The number of aromatic nitrogens is 2. The lowest BCUT2D eigenvalue weighted by Gasteiger charge is -2.19. The highest BCUT2D eigenvalue weighted by Crippen LogP contribution is 2.20. The minimum Gasteiger partial charge on any atom is -0.332 e. The number of fused-ring (bicyclic) bond motifs is 1. The molecule has 5 nitrogen and oxygen atoms in total. The number of nitrogens with zero attached hydrogens (tertiary/aromatic N) is 2. The van der Waals surface area contributed by atoms with Crippen molar-refractivity contribution < 1.29 is 4.79 Å². The number of anilines is 1. The molecule has 1 heterocycles. The second-order valence-electron chi connectivity index (χ2n) is 6.26. The van der Waals surface area contributed by atoms with Gasteiger partial charge in [-0.1, -0.05) is 6.07 Å². The molecule has 0 fully saturated rings. The van der Waals surface area contributed by atoms with Crippen LogP contribution in [0.5, 0.6) is 0 Å². The van der Waals surface area contributed by atoms with Gasteiger partial charge in [-0.2, -0.15) is 0 Å². The number of benzene rings is 2. The Kier molecular flexibility index (Phi) is 4.30. The summed E-state index contributed by atoms with van der Waals surface area (Å²) in [5, 5.41) is 0.502. The van der Waals surface area contributed by atoms with E-state index < -0.39 is 0 Å². The molecule has 0 saturated carbocycles. The van der Waals surface area contributed by atoms with Crippen LogP contribution < -0.4 is 10.5 Å². The molecule has 2 aromatic carbocycles. The minimum absolute atomic E-state index is 0.146. The predicted molar refractivity (Wildman–Crippen MR) is 103 cm³/mol. The predicted octanol–water partition coefficient (Wildman–Crippen LogP) is 3.49. The van der Waals surface area contributed by atoms with Crippen LogP contribution in [0.15, 0.2) is 41.2 Å². The van der Waals surface area contributed by atoms with Crippen molar-refractivity contribution in [3.8, 4) is 0 Å². The van der Waals surface area contributed by atoms with E-state index in [2.05, 4.69) is 11.1 Å². The van der Waals surface area contributed by atoms with Crippen LogP contribution in [0.4, 0.5) is 5.69 Å². The summed E-state index contributed by atoms with van der Waals surface area (Å²) in [5.41, 5.74) is 3.90. The lowest BCUT2D eigenvalue weighted by Crippen LogP contribution is -2.26. The van der Waals surface area contributed by atoms with Gasteiger partial charge in [0.15, 0.2) is 4.77 Å². The number of nitrogens with one attached hydrogen (secondary N) is 1. The van der Waals surface area contributed by atoms with Crippen LogP contribution in [0.2, 0.25) is 0 Å². The van der Waals surface area contributed by atoms with Crippen molar-refractivity contribution >= 4 is 34.7 Å². The molecule has 1 amide bonds. The van der Waals surface area contributed by atoms with Crippen LogP contribution in [0.25, 0.3) is 10.9 Å². The van der Waals surface area contributed by atoms with E-state index in [1.807, 2.05) is 26.0 Å². The van der Waals surface area contributed by atoms with Gasteiger partial charge in [0, 0.05) is 25.3 Å². The van der Waals surface area contributed by atoms with Crippen molar-refractivity contribution in [2.24, 2.45) is 7.05 Å². The van der Waals surface area contributed by atoms with Crippen LogP contribution in [-0.2, 0) is 7.05 Å². The number of amides is 1. The average Bonchev–Trinajstić information content (AvgIpc) is 2.57. The van der Waals surface area contributed by atoms with Crippen LogP contribution in [0.1, 0.15) is 21.5 Å². The molecule has 0 radical (unpaired) electrons. The van der Waals surface area contributed by atoms with Crippen LogP contribution >= 0.6 is 12.2 Å². The maximum absolute atomic E-state index is 12.9. The van der Waals surface area contributed by atoms with E-state index in [1.165, 1.54) is 4.57 Å². The number of carbonyl (C=O) groups is 1. The van der Waals surface area contributed by atoms with E-state index in [9.17, 15) is 9.59 Å². The second kappa shape index (κ2) is 6.29. The Morgan fingerprint density at radius 2 is 1.76 bits per heavy atom. The van der Waals surface area contributed by atoms with Crippen LogP contribution in [-0.4, -0.2) is 22.5 Å².